The lowest BCUT2D eigenvalue weighted by Crippen LogP contribution is -2.38. The van der Waals surface area contributed by atoms with Crippen molar-refractivity contribution in [2.45, 2.75) is 31.1 Å². The first kappa shape index (κ1) is 16.6. The van der Waals surface area contributed by atoms with Gasteiger partial charge in [0, 0.05) is 10.0 Å². The molecule has 0 unspecified atom stereocenters. The molecule has 2 nitrogen and oxygen atoms in total. The maximum atomic E-state index is 13.0. The van der Waals surface area contributed by atoms with Gasteiger partial charge in [-0.25, -0.2) is 0 Å². The molecule has 3 rings (SSSR count). The van der Waals surface area contributed by atoms with E-state index in [0.717, 1.165) is 31.2 Å². The maximum absolute atomic E-state index is 13.0. The molecule has 1 aliphatic carbocycles. The van der Waals surface area contributed by atoms with Gasteiger partial charge in [0.1, 0.15) is 0 Å². The van der Waals surface area contributed by atoms with E-state index in [4.69, 9.17) is 34.8 Å². The van der Waals surface area contributed by atoms with Crippen LogP contribution in [0.25, 0.3) is 0 Å². The van der Waals surface area contributed by atoms with E-state index < -0.39 is 5.41 Å². The highest BCUT2D eigenvalue weighted by Crippen LogP contribution is 2.42. The van der Waals surface area contributed by atoms with Crippen LogP contribution in [0.5, 0.6) is 0 Å². The molecule has 0 aromatic heterocycles. The van der Waals surface area contributed by atoms with Gasteiger partial charge >= 0.3 is 0 Å². The summed E-state index contributed by atoms with van der Waals surface area (Å²) in [6.07, 6.45) is 3.69. The molecule has 1 fully saturated rings. The minimum atomic E-state index is -0.532. The second-order valence-corrected chi connectivity index (χ2v) is 7.15. The second-order valence-electron chi connectivity index (χ2n) is 5.87. The van der Waals surface area contributed by atoms with Gasteiger partial charge in [0.15, 0.2) is 0 Å². The molecular formula is C18H16Cl3NO. The third-order valence-corrected chi connectivity index (χ3v) is 5.28. The third-order valence-electron chi connectivity index (χ3n) is 4.47. The summed E-state index contributed by atoms with van der Waals surface area (Å²) in [6.45, 7) is 0. The second kappa shape index (κ2) is 6.72. The molecule has 23 heavy (non-hydrogen) atoms. The molecule has 1 N–H and O–H groups in total. The van der Waals surface area contributed by atoms with Gasteiger partial charge in [-0.2, -0.15) is 0 Å². The van der Waals surface area contributed by atoms with E-state index in [1.165, 1.54) is 0 Å². The van der Waals surface area contributed by atoms with Crippen molar-refractivity contribution in [2.75, 3.05) is 5.32 Å². The molecule has 0 atom stereocenters. The van der Waals surface area contributed by atoms with Crippen LogP contribution >= 0.6 is 34.8 Å². The molecule has 0 spiro atoms. The fourth-order valence-electron chi connectivity index (χ4n) is 3.23. The number of amides is 1. The number of hydrogen-bond donors (Lipinski definition) is 1. The van der Waals surface area contributed by atoms with Crippen LogP contribution in [0, 0.1) is 0 Å². The Hall–Kier alpha value is -1.22. The fraction of sp³-hybridized carbons (Fsp3) is 0.278. The minimum absolute atomic E-state index is 0.0403. The molecular weight excluding hydrogens is 353 g/mol. The number of rotatable bonds is 3. The Morgan fingerprint density at radius 3 is 2.17 bits per heavy atom. The number of carbonyl (C=O) groups is 1. The molecule has 2 aromatic carbocycles. The first-order valence-electron chi connectivity index (χ1n) is 7.54. The molecule has 0 aliphatic heterocycles. The Kier molecular flexibility index (Phi) is 4.86. The third kappa shape index (κ3) is 3.35. The lowest BCUT2D eigenvalue weighted by Gasteiger charge is -2.28. The van der Waals surface area contributed by atoms with Crippen LogP contribution in [-0.4, -0.2) is 5.91 Å². The number of anilines is 1. The van der Waals surface area contributed by atoms with Crippen molar-refractivity contribution < 1.29 is 4.79 Å². The Bertz CT molecular complexity index is 722. The summed E-state index contributed by atoms with van der Waals surface area (Å²) in [5, 5.41) is 4.64. The van der Waals surface area contributed by atoms with E-state index in [0.29, 0.717) is 20.8 Å². The lowest BCUT2D eigenvalue weighted by atomic mass is 9.78. The van der Waals surface area contributed by atoms with Crippen LogP contribution in [0.2, 0.25) is 15.1 Å². The normalized spacial score (nSPS) is 16.3. The first-order chi connectivity index (χ1) is 11.0. The average Bonchev–Trinajstić information content (AvgIpc) is 3.02. The van der Waals surface area contributed by atoms with Crippen LogP contribution in [0.4, 0.5) is 5.69 Å². The minimum Gasteiger partial charge on any atom is -0.324 e. The van der Waals surface area contributed by atoms with Crippen molar-refractivity contribution in [1.82, 2.24) is 0 Å². The zero-order chi connectivity index (χ0) is 16.4. The first-order valence-corrected chi connectivity index (χ1v) is 8.67. The Morgan fingerprint density at radius 2 is 1.52 bits per heavy atom. The van der Waals surface area contributed by atoms with E-state index >= 15 is 0 Å². The van der Waals surface area contributed by atoms with Crippen molar-refractivity contribution in [1.29, 1.82) is 0 Å². The highest BCUT2D eigenvalue weighted by molar-refractivity contribution is 6.35. The van der Waals surface area contributed by atoms with Crippen LogP contribution in [0.3, 0.4) is 0 Å². The highest BCUT2D eigenvalue weighted by Gasteiger charge is 2.42. The molecule has 120 valence electrons. The average molecular weight is 369 g/mol. The molecule has 1 amide bonds. The molecule has 1 saturated carbocycles. The Labute approximate surface area is 150 Å². The van der Waals surface area contributed by atoms with Gasteiger partial charge < -0.3 is 5.32 Å². The summed E-state index contributed by atoms with van der Waals surface area (Å²) >= 11 is 18.2. The van der Waals surface area contributed by atoms with E-state index in [2.05, 4.69) is 5.32 Å². The summed E-state index contributed by atoms with van der Waals surface area (Å²) in [5.74, 6) is -0.0403. The van der Waals surface area contributed by atoms with E-state index in [1.807, 2.05) is 24.3 Å². The van der Waals surface area contributed by atoms with Crippen molar-refractivity contribution in [2.24, 2.45) is 0 Å². The molecule has 0 heterocycles. The molecule has 5 heteroatoms. The number of nitrogens with one attached hydrogen (secondary N) is 1. The topological polar surface area (TPSA) is 29.1 Å². The lowest BCUT2D eigenvalue weighted by molar-refractivity contribution is -0.121. The molecule has 0 saturated heterocycles. The summed E-state index contributed by atoms with van der Waals surface area (Å²) in [4.78, 5) is 13.0. The molecule has 1 aliphatic rings. The SMILES string of the molecule is O=C(Nc1cc(Cl)ccc1Cl)C1(c2ccc(Cl)cc2)CCCC1. The zero-order valence-corrected chi connectivity index (χ0v) is 14.7. The van der Waals surface area contributed by atoms with Gasteiger partial charge in [-0.1, -0.05) is 59.8 Å². The largest absolute Gasteiger partial charge is 0.324 e. The zero-order valence-electron chi connectivity index (χ0n) is 12.4. The number of halogens is 3. The van der Waals surface area contributed by atoms with Crippen LogP contribution in [-0.2, 0) is 10.2 Å². The standard InChI is InChI=1S/C18H16Cl3NO/c19-13-5-3-12(4-6-13)18(9-1-2-10-18)17(23)22-16-11-14(20)7-8-15(16)21/h3-8,11H,1-2,9-10H2,(H,22,23). The molecule has 0 bridgehead atoms. The fourth-order valence-corrected chi connectivity index (χ4v) is 3.69. The van der Waals surface area contributed by atoms with Gasteiger partial charge in [-0.3, -0.25) is 4.79 Å². The smallest absolute Gasteiger partial charge is 0.235 e. The summed E-state index contributed by atoms with van der Waals surface area (Å²) in [5.41, 5.74) is 1.01. The number of hydrogen-bond acceptors (Lipinski definition) is 1. The van der Waals surface area contributed by atoms with Gasteiger partial charge in [-0.15, -0.1) is 0 Å². The summed E-state index contributed by atoms with van der Waals surface area (Å²) in [6, 6.07) is 12.6. The summed E-state index contributed by atoms with van der Waals surface area (Å²) in [7, 11) is 0. The molecule has 2 aromatic rings. The highest BCUT2D eigenvalue weighted by atomic mass is 35.5. The van der Waals surface area contributed by atoms with Crippen molar-refractivity contribution in [3.05, 3.63) is 63.1 Å². The predicted molar refractivity (Wildman–Crippen MR) is 96.7 cm³/mol. The van der Waals surface area contributed by atoms with Crippen molar-refractivity contribution in [3.63, 3.8) is 0 Å². The van der Waals surface area contributed by atoms with Crippen LogP contribution < -0.4 is 5.32 Å². The van der Waals surface area contributed by atoms with E-state index in [-0.39, 0.29) is 5.91 Å². The van der Waals surface area contributed by atoms with Crippen LogP contribution in [0.1, 0.15) is 31.2 Å². The molecule has 0 radical (unpaired) electrons. The van der Waals surface area contributed by atoms with Gasteiger partial charge in [0.05, 0.1) is 16.1 Å². The van der Waals surface area contributed by atoms with Crippen molar-refractivity contribution >= 4 is 46.4 Å². The monoisotopic (exact) mass is 367 g/mol. The predicted octanol–water partition coefficient (Wildman–Crippen LogP) is 6.10. The van der Waals surface area contributed by atoms with Crippen LogP contribution in [0.15, 0.2) is 42.5 Å². The van der Waals surface area contributed by atoms with E-state index in [1.54, 1.807) is 18.2 Å². The number of carbonyl (C=O) groups excluding carboxylic acids is 1. The maximum Gasteiger partial charge on any atom is 0.235 e. The summed E-state index contributed by atoms with van der Waals surface area (Å²) < 4.78 is 0. The Morgan fingerprint density at radius 1 is 0.913 bits per heavy atom. The van der Waals surface area contributed by atoms with Gasteiger partial charge in [-0.05, 0) is 48.7 Å². The van der Waals surface area contributed by atoms with E-state index in [9.17, 15) is 4.79 Å². The number of benzene rings is 2. The quantitative estimate of drug-likeness (QED) is 0.697. The van der Waals surface area contributed by atoms with Crippen molar-refractivity contribution in [3.8, 4) is 0 Å². The van der Waals surface area contributed by atoms with Gasteiger partial charge in [0.2, 0.25) is 5.91 Å². The Balaban J connectivity index is 1.93. The van der Waals surface area contributed by atoms with Gasteiger partial charge in [0.25, 0.3) is 0 Å².